The minimum Gasteiger partial charge on any atom is -0.337 e. The van der Waals surface area contributed by atoms with Crippen LogP contribution in [0.5, 0.6) is 0 Å². The van der Waals surface area contributed by atoms with Crippen LogP contribution < -0.4 is 4.72 Å². The van der Waals surface area contributed by atoms with Crippen LogP contribution in [-0.4, -0.2) is 43.6 Å². The number of hydrogen-bond acceptors (Lipinski definition) is 4. The number of carbonyl (C=O) groups excluding carboxylic acids is 1. The summed E-state index contributed by atoms with van der Waals surface area (Å²) in [5.74, 6) is 0.119. The van der Waals surface area contributed by atoms with Crippen LogP contribution in [0.3, 0.4) is 0 Å². The molecule has 1 N–H and O–H groups in total. The first-order valence-corrected chi connectivity index (χ1v) is 10.2. The number of nitrogens with zero attached hydrogens (tertiary/aromatic N) is 1. The van der Waals surface area contributed by atoms with Gasteiger partial charge in [0, 0.05) is 19.1 Å². The van der Waals surface area contributed by atoms with Gasteiger partial charge in [0.15, 0.2) is 0 Å². The van der Waals surface area contributed by atoms with Crippen LogP contribution in [-0.2, 0) is 10.0 Å². The van der Waals surface area contributed by atoms with Crippen LogP contribution in [0, 0.1) is 5.41 Å². The van der Waals surface area contributed by atoms with E-state index in [4.69, 9.17) is 0 Å². The van der Waals surface area contributed by atoms with Crippen molar-refractivity contribution in [2.24, 2.45) is 5.41 Å². The summed E-state index contributed by atoms with van der Waals surface area (Å²) in [7, 11) is -3.09. The van der Waals surface area contributed by atoms with Crippen molar-refractivity contribution in [2.45, 2.75) is 43.4 Å². The molecule has 5 nitrogen and oxygen atoms in total. The second-order valence-corrected chi connectivity index (χ2v) is 9.86. The summed E-state index contributed by atoms with van der Waals surface area (Å²) in [5, 5.41) is 1.77. The third-order valence-electron chi connectivity index (χ3n) is 5.11. The molecule has 2 aliphatic carbocycles. The Bertz CT molecular complexity index is 674. The number of amides is 1. The van der Waals surface area contributed by atoms with Gasteiger partial charge in [-0.1, -0.05) is 6.07 Å². The molecule has 3 fully saturated rings. The number of nitrogens with one attached hydrogen (secondary N) is 1. The highest BCUT2D eigenvalue weighted by Crippen LogP contribution is 2.49. The molecular formula is C15H20N2O3S2. The molecular weight excluding hydrogens is 320 g/mol. The number of thiophene rings is 1. The van der Waals surface area contributed by atoms with E-state index in [1.165, 1.54) is 11.3 Å². The van der Waals surface area contributed by atoms with E-state index in [0.29, 0.717) is 0 Å². The fourth-order valence-corrected chi connectivity index (χ4v) is 6.04. The van der Waals surface area contributed by atoms with Gasteiger partial charge >= 0.3 is 0 Å². The van der Waals surface area contributed by atoms with Crippen molar-refractivity contribution < 1.29 is 13.2 Å². The number of rotatable bonds is 4. The summed E-state index contributed by atoms with van der Waals surface area (Å²) in [4.78, 5) is 15.1. The maximum Gasteiger partial charge on any atom is 0.263 e. The predicted octanol–water partition coefficient (Wildman–Crippen LogP) is 1.82. The van der Waals surface area contributed by atoms with Crippen molar-refractivity contribution in [2.75, 3.05) is 13.1 Å². The SMILES string of the molecule is O=C(c1cccs1)N1CCC2(CC(NS(=O)(=O)C3CC3)C2)C1. The lowest BCUT2D eigenvalue weighted by molar-refractivity contribution is 0.0692. The molecule has 22 heavy (non-hydrogen) atoms. The molecule has 7 heteroatoms. The Labute approximate surface area is 134 Å². The van der Waals surface area contributed by atoms with Gasteiger partial charge in [-0.25, -0.2) is 13.1 Å². The maximum atomic E-state index is 12.4. The quantitative estimate of drug-likeness (QED) is 0.909. The molecule has 1 spiro atoms. The van der Waals surface area contributed by atoms with E-state index in [-0.39, 0.29) is 22.6 Å². The lowest BCUT2D eigenvalue weighted by Crippen LogP contribution is -2.52. The van der Waals surface area contributed by atoms with Gasteiger partial charge in [-0.15, -0.1) is 11.3 Å². The zero-order chi connectivity index (χ0) is 15.4. The molecule has 0 radical (unpaired) electrons. The fraction of sp³-hybridized carbons (Fsp3) is 0.667. The zero-order valence-corrected chi connectivity index (χ0v) is 14.0. The molecule has 4 rings (SSSR count). The number of hydrogen-bond donors (Lipinski definition) is 1. The van der Waals surface area contributed by atoms with Crippen LogP contribution in [0.15, 0.2) is 17.5 Å². The Morgan fingerprint density at radius 3 is 2.77 bits per heavy atom. The van der Waals surface area contributed by atoms with Crippen LogP contribution in [0.1, 0.15) is 41.8 Å². The summed E-state index contributed by atoms with van der Waals surface area (Å²) in [6.45, 7) is 1.56. The fourth-order valence-electron chi connectivity index (χ4n) is 3.77. The average Bonchev–Trinajstić information content (AvgIpc) is 3.00. The van der Waals surface area contributed by atoms with Crippen LogP contribution in [0.2, 0.25) is 0 Å². The molecule has 2 heterocycles. The molecule has 1 aromatic heterocycles. The second-order valence-electron chi connectivity index (χ2n) is 6.92. The summed E-state index contributed by atoms with van der Waals surface area (Å²) in [6.07, 6.45) is 4.33. The monoisotopic (exact) mass is 340 g/mol. The summed E-state index contributed by atoms with van der Waals surface area (Å²) in [5.41, 5.74) is 0.143. The zero-order valence-electron chi connectivity index (χ0n) is 12.3. The van der Waals surface area contributed by atoms with Crippen LogP contribution in [0.25, 0.3) is 0 Å². The molecule has 2 saturated carbocycles. The van der Waals surface area contributed by atoms with Gasteiger partial charge in [-0.3, -0.25) is 4.79 Å². The number of likely N-dealkylation sites (tertiary alicyclic amines) is 1. The lowest BCUT2D eigenvalue weighted by atomic mass is 9.65. The predicted molar refractivity (Wildman–Crippen MR) is 85.4 cm³/mol. The normalized spacial score (nSPS) is 31.5. The molecule has 1 amide bonds. The summed E-state index contributed by atoms with van der Waals surface area (Å²) >= 11 is 1.48. The van der Waals surface area contributed by atoms with Gasteiger partial charge in [0.05, 0.1) is 10.1 Å². The molecule has 0 bridgehead atoms. The largest absolute Gasteiger partial charge is 0.337 e. The van der Waals surface area contributed by atoms with Gasteiger partial charge in [0.2, 0.25) is 10.0 Å². The van der Waals surface area contributed by atoms with Crippen molar-refractivity contribution in [1.82, 2.24) is 9.62 Å². The highest BCUT2D eigenvalue weighted by molar-refractivity contribution is 7.90. The van der Waals surface area contributed by atoms with E-state index in [1.54, 1.807) is 0 Å². The Hall–Kier alpha value is -0.920. The van der Waals surface area contributed by atoms with Gasteiger partial charge < -0.3 is 4.90 Å². The highest BCUT2D eigenvalue weighted by Gasteiger charge is 2.51. The van der Waals surface area contributed by atoms with Crippen molar-refractivity contribution in [1.29, 1.82) is 0 Å². The third kappa shape index (κ3) is 2.59. The number of carbonyl (C=O) groups is 1. The Kier molecular flexibility index (Phi) is 3.36. The topological polar surface area (TPSA) is 66.5 Å². The Morgan fingerprint density at radius 2 is 2.14 bits per heavy atom. The second kappa shape index (κ2) is 5.04. The third-order valence-corrected chi connectivity index (χ3v) is 7.98. The molecule has 3 aliphatic rings. The Morgan fingerprint density at radius 1 is 1.36 bits per heavy atom. The molecule has 0 aromatic carbocycles. The molecule has 1 saturated heterocycles. The lowest BCUT2D eigenvalue weighted by Gasteiger charge is -2.45. The van der Waals surface area contributed by atoms with E-state index >= 15 is 0 Å². The minimum atomic E-state index is -3.09. The average molecular weight is 340 g/mol. The smallest absolute Gasteiger partial charge is 0.263 e. The van der Waals surface area contributed by atoms with E-state index in [0.717, 1.165) is 50.1 Å². The molecule has 1 aliphatic heterocycles. The van der Waals surface area contributed by atoms with Crippen molar-refractivity contribution in [3.8, 4) is 0 Å². The van der Waals surface area contributed by atoms with E-state index in [2.05, 4.69) is 4.72 Å². The summed E-state index contributed by atoms with van der Waals surface area (Å²) < 4.78 is 26.8. The summed E-state index contributed by atoms with van der Waals surface area (Å²) in [6, 6.07) is 3.84. The van der Waals surface area contributed by atoms with E-state index in [1.807, 2.05) is 22.4 Å². The van der Waals surface area contributed by atoms with Crippen molar-refractivity contribution >= 4 is 27.3 Å². The number of sulfonamides is 1. The van der Waals surface area contributed by atoms with Gasteiger partial charge in [-0.2, -0.15) is 0 Å². The molecule has 120 valence electrons. The van der Waals surface area contributed by atoms with Gasteiger partial charge in [-0.05, 0) is 49.0 Å². The first-order valence-electron chi connectivity index (χ1n) is 7.81. The standard InChI is InChI=1S/C15H20N2O3S2/c18-14(13-2-1-7-21-13)17-6-5-15(10-17)8-11(9-15)16-22(19,20)12-3-4-12/h1-2,7,11-12,16H,3-6,8-10H2. The van der Waals surface area contributed by atoms with Crippen LogP contribution in [0.4, 0.5) is 0 Å². The molecule has 0 unspecified atom stereocenters. The maximum absolute atomic E-state index is 12.4. The first-order chi connectivity index (χ1) is 10.5. The van der Waals surface area contributed by atoms with Gasteiger partial charge in [0.25, 0.3) is 5.91 Å². The van der Waals surface area contributed by atoms with Gasteiger partial charge in [0.1, 0.15) is 0 Å². The highest BCUT2D eigenvalue weighted by atomic mass is 32.2. The molecule has 1 aromatic rings. The van der Waals surface area contributed by atoms with Crippen LogP contribution >= 0.6 is 11.3 Å². The van der Waals surface area contributed by atoms with Crippen molar-refractivity contribution in [3.63, 3.8) is 0 Å². The van der Waals surface area contributed by atoms with E-state index in [9.17, 15) is 13.2 Å². The first kappa shape index (κ1) is 14.7. The Balaban J connectivity index is 1.33. The molecule has 0 atom stereocenters. The van der Waals surface area contributed by atoms with Crippen molar-refractivity contribution in [3.05, 3.63) is 22.4 Å². The minimum absolute atomic E-state index is 0.0717. The van der Waals surface area contributed by atoms with E-state index < -0.39 is 10.0 Å².